The van der Waals surface area contributed by atoms with Gasteiger partial charge in [0.15, 0.2) is 0 Å². The Morgan fingerprint density at radius 2 is 2.14 bits per heavy atom. The second kappa shape index (κ2) is 7.67. The van der Waals surface area contributed by atoms with Gasteiger partial charge in [0.2, 0.25) is 0 Å². The lowest BCUT2D eigenvalue weighted by molar-refractivity contribution is 0.0946. The molecule has 8 heteroatoms. The standard InChI is InChI=1S/C20H21N5O3/c1-28-15-4-2-3-14(11-15)17-12-18(23-22-17)20(27)21-9-10-25-19(26)8-7-16(24-25)13-5-6-13/h2-4,7-8,11-13H,5-6,9-10H2,1H3,(H,21,27)(H,22,23). The van der Waals surface area contributed by atoms with Gasteiger partial charge in [-0.1, -0.05) is 12.1 Å². The second-order valence-corrected chi connectivity index (χ2v) is 6.75. The average Bonchev–Trinajstić information content (AvgIpc) is 3.45. The van der Waals surface area contributed by atoms with Crippen LogP contribution in [0.3, 0.4) is 0 Å². The third-order valence-corrected chi connectivity index (χ3v) is 4.68. The van der Waals surface area contributed by atoms with E-state index in [4.69, 9.17) is 4.74 Å². The highest BCUT2D eigenvalue weighted by atomic mass is 16.5. The summed E-state index contributed by atoms with van der Waals surface area (Å²) in [6.45, 7) is 0.620. The van der Waals surface area contributed by atoms with E-state index in [-0.39, 0.29) is 11.5 Å². The van der Waals surface area contributed by atoms with Gasteiger partial charge in [-0.05, 0) is 37.1 Å². The number of benzene rings is 1. The lowest BCUT2D eigenvalue weighted by Crippen LogP contribution is -2.32. The number of ether oxygens (including phenoxy) is 1. The zero-order valence-corrected chi connectivity index (χ0v) is 15.5. The minimum absolute atomic E-state index is 0.166. The molecule has 1 aliphatic rings. The van der Waals surface area contributed by atoms with E-state index in [1.54, 1.807) is 19.2 Å². The molecule has 3 aromatic rings. The Bertz CT molecular complexity index is 1050. The lowest BCUT2D eigenvalue weighted by atomic mass is 10.1. The molecule has 4 rings (SSSR count). The summed E-state index contributed by atoms with van der Waals surface area (Å²) < 4.78 is 6.62. The minimum atomic E-state index is -0.284. The molecule has 144 valence electrons. The van der Waals surface area contributed by atoms with Crippen molar-refractivity contribution in [2.45, 2.75) is 25.3 Å². The number of aromatic nitrogens is 4. The quantitative estimate of drug-likeness (QED) is 0.653. The van der Waals surface area contributed by atoms with Gasteiger partial charge < -0.3 is 10.1 Å². The molecule has 8 nitrogen and oxygen atoms in total. The summed E-state index contributed by atoms with van der Waals surface area (Å²) >= 11 is 0. The molecule has 0 radical (unpaired) electrons. The number of hydrogen-bond donors (Lipinski definition) is 2. The molecule has 1 saturated carbocycles. The maximum atomic E-state index is 12.4. The van der Waals surface area contributed by atoms with Crippen LogP contribution in [0.5, 0.6) is 5.75 Å². The van der Waals surface area contributed by atoms with Crippen molar-refractivity contribution in [2.75, 3.05) is 13.7 Å². The predicted octanol–water partition coefficient (Wildman–Crippen LogP) is 1.95. The van der Waals surface area contributed by atoms with E-state index in [2.05, 4.69) is 20.6 Å². The van der Waals surface area contributed by atoms with Gasteiger partial charge in [0.1, 0.15) is 11.4 Å². The first-order valence-corrected chi connectivity index (χ1v) is 9.20. The van der Waals surface area contributed by atoms with Crippen LogP contribution in [0.25, 0.3) is 11.3 Å². The van der Waals surface area contributed by atoms with Crippen LogP contribution < -0.4 is 15.6 Å². The summed E-state index contributed by atoms with van der Waals surface area (Å²) in [4.78, 5) is 24.3. The molecule has 0 aliphatic heterocycles. The number of nitrogens with one attached hydrogen (secondary N) is 2. The Hall–Kier alpha value is -3.42. The van der Waals surface area contributed by atoms with Gasteiger partial charge >= 0.3 is 0 Å². The van der Waals surface area contributed by atoms with E-state index in [0.29, 0.717) is 30.4 Å². The molecule has 1 aromatic carbocycles. The van der Waals surface area contributed by atoms with Crippen LogP contribution >= 0.6 is 0 Å². The largest absolute Gasteiger partial charge is 0.497 e. The SMILES string of the molecule is COc1cccc(-c2cc(C(=O)NCCn3nc(C4CC4)ccc3=O)[nH]n2)c1. The molecular weight excluding hydrogens is 358 g/mol. The predicted molar refractivity (Wildman–Crippen MR) is 103 cm³/mol. The summed E-state index contributed by atoms with van der Waals surface area (Å²) in [5, 5.41) is 14.1. The van der Waals surface area contributed by atoms with Gasteiger partial charge in [-0.2, -0.15) is 10.2 Å². The topological polar surface area (TPSA) is 102 Å². The van der Waals surface area contributed by atoms with Crippen LogP contribution in [-0.2, 0) is 6.54 Å². The van der Waals surface area contributed by atoms with Crippen molar-refractivity contribution in [3.05, 3.63) is 64.2 Å². The number of aromatic amines is 1. The van der Waals surface area contributed by atoms with Gasteiger partial charge in [0, 0.05) is 24.1 Å². The van der Waals surface area contributed by atoms with Crippen molar-refractivity contribution in [1.29, 1.82) is 0 Å². The Morgan fingerprint density at radius 3 is 2.93 bits per heavy atom. The Kier molecular flexibility index (Phi) is 4.92. The molecule has 2 aromatic heterocycles. The highest BCUT2D eigenvalue weighted by Gasteiger charge is 2.25. The Balaban J connectivity index is 1.37. The third-order valence-electron chi connectivity index (χ3n) is 4.68. The minimum Gasteiger partial charge on any atom is -0.497 e. The highest BCUT2D eigenvalue weighted by molar-refractivity contribution is 5.93. The monoisotopic (exact) mass is 379 g/mol. The van der Waals surface area contributed by atoms with Crippen LogP contribution in [0.4, 0.5) is 0 Å². The first kappa shape index (κ1) is 18.0. The van der Waals surface area contributed by atoms with E-state index >= 15 is 0 Å². The summed E-state index contributed by atoms with van der Waals surface area (Å²) in [5.41, 5.74) is 2.63. The van der Waals surface area contributed by atoms with E-state index < -0.39 is 0 Å². The van der Waals surface area contributed by atoms with Crippen LogP contribution in [0.15, 0.2) is 47.3 Å². The van der Waals surface area contributed by atoms with Crippen molar-refractivity contribution in [3.63, 3.8) is 0 Å². The van der Waals surface area contributed by atoms with Crippen molar-refractivity contribution in [1.82, 2.24) is 25.3 Å². The number of rotatable bonds is 7. The van der Waals surface area contributed by atoms with Gasteiger partial charge in [0.25, 0.3) is 11.5 Å². The normalized spacial score (nSPS) is 13.3. The van der Waals surface area contributed by atoms with Crippen LogP contribution in [0.1, 0.15) is 34.9 Å². The number of amides is 1. The number of carbonyl (C=O) groups excluding carboxylic acids is 1. The second-order valence-electron chi connectivity index (χ2n) is 6.75. The van der Waals surface area contributed by atoms with Gasteiger partial charge in [0.05, 0.1) is 25.0 Å². The van der Waals surface area contributed by atoms with Gasteiger partial charge in [-0.25, -0.2) is 4.68 Å². The summed E-state index contributed by atoms with van der Waals surface area (Å²) in [6, 6.07) is 12.5. The zero-order chi connectivity index (χ0) is 19.5. The van der Waals surface area contributed by atoms with Crippen LogP contribution in [0.2, 0.25) is 0 Å². The van der Waals surface area contributed by atoms with Crippen molar-refractivity contribution in [2.24, 2.45) is 0 Å². The molecule has 1 amide bonds. The highest BCUT2D eigenvalue weighted by Crippen LogP contribution is 2.38. The molecule has 28 heavy (non-hydrogen) atoms. The maximum absolute atomic E-state index is 12.4. The molecule has 0 spiro atoms. The number of carbonyl (C=O) groups is 1. The number of H-pyrrole nitrogens is 1. The molecule has 0 atom stereocenters. The fraction of sp³-hybridized carbons (Fsp3) is 0.300. The molecule has 0 bridgehead atoms. The number of nitrogens with zero attached hydrogens (tertiary/aromatic N) is 3. The van der Waals surface area contributed by atoms with Crippen molar-refractivity contribution >= 4 is 5.91 Å². The molecule has 2 heterocycles. The van der Waals surface area contributed by atoms with Crippen LogP contribution in [-0.4, -0.2) is 39.5 Å². The smallest absolute Gasteiger partial charge is 0.269 e. The molecule has 0 saturated heterocycles. The van der Waals surface area contributed by atoms with E-state index in [9.17, 15) is 9.59 Å². The maximum Gasteiger partial charge on any atom is 0.269 e. The lowest BCUT2D eigenvalue weighted by Gasteiger charge is -2.07. The summed E-state index contributed by atoms with van der Waals surface area (Å²) in [6.07, 6.45) is 2.24. The molecule has 2 N–H and O–H groups in total. The van der Waals surface area contributed by atoms with Crippen molar-refractivity contribution in [3.8, 4) is 17.0 Å². The first-order valence-electron chi connectivity index (χ1n) is 9.20. The fourth-order valence-electron chi connectivity index (χ4n) is 2.96. The summed E-state index contributed by atoms with van der Waals surface area (Å²) in [7, 11) is 1.60. The Labute approximate surface area is 161 Å². The Morgan fingerprint density at radius 1 is 1.29 bits per heavy atom. The van der Waals surface area contributed by atoms with E-state index in [1.807, 2.05) is 24.3 Å². The molecular formula is C20H21N5O3. The van der Waals surface area contributed by atoms with Gasteiger partial charge in [-0.3, -0.25) is 14.7 Å². The summed E-state index contributed by atoms with van der Waals surface area (Å²) in [5.74, 6) is 0.910. The average molecular weight is 379 g/mol. The molecule has 1 fully saturated rings. The third kappa shape index (κ3) is 3.95. The fourth-order valence-corrected chi connectivity index (χ4v) is 2.96. The first-order chi connectivity index (χ1) is 13.6. The van der Waals surface area contributed by atoms with Crippen LogP contribution in [0, 0.1) is 0 Å². The molecule has 1 aliphatic carbocycles. The van der Waals surface area contributed by atoms with Crippen molar-refractivity contribution < 1.29 is 9.53 Å². The van der Waals surface area contributed by atoms with E-state index in [1.165, 1.54) is 10.7 Å². The number of methoxy groups -OCH3 is 1. The number of hydrogen-bond acceptors (Lipinski definition) is 5. The zero-order valence-electron chi connectivity index (χ0n) is 15.5. The van der Waals surface area contributed by atoms with E-state index in [0.717, 1.165) is 29.8 Å². The van der Waals surface area contributed by atoms with Gasteiger partial charge in [-0.15, -0.1) is 0 Å². The molecule has 0 unspecified atom stereocenters.